The molecule has 0 spiro atoms. The van der Waals surface area contributed by atoms with Crippen LogP contribution >= 0.6 is 23.2 Å². The molecule has 1 aliphatic heterocycles. The van der Waals surface area contributed by atoms with Gasteiger partial charge in [-0.1, -0.05) is 23.2 Å². The average molecular weight is 281 g/mol. The second kappa shape index (κ2) is 4.53. The van der Waals surface area contributed by atoms with Crippen LogP contribution in [-0.4, -0.2) is 26.9 Å². The molecule has 1 aliphatic rings. The Hall–Kier alpha value is -0.290. The van der Waals surface area contributed by atoms with Gasteiger partial charge in [-0.25, -0.2) is 8.42 Å². The second-order valence-electron chi connectivity index (χ2n) is 3.61. The first-order valence-corrected chi connectivity index (χ1v) is 7.09. The second-order valence-corrected chi connectivity index (χ2v) is 6.65. The van der Waals surface area contributed by atoms with E-state index in [1.807, 2.05) is 0 Å². The van der Waals surface area contributed by atoms with E-state index in [2.05, 4.69) is 0 Å². The van der Waals surface area contributed by atoms with Crippen molar-refractivity contribution >= 4 is 33.0 Å². The number of hydrogen-bond acceptors (Lipinski definition) is 3. The summed E-state index contributed by atoms with van der Waals surface area (Å²) in [4.78, 5) is 0.206. The molecule has 1 heterocycles. The zero-order chi connectivity index (χ0) is 11.8. The van der Waals surface area contributed by atoms with Crippen molar-refractivity contribution in [2.24, 2.45) is 0 Å². The number of rotatable bonds is 2. The zero-order valence-electron chi connectivity index (χ0n) is 8.32. The Bertz CT molecular complexity index is 493. The molecule has 6 heteroatoms. The SMILES string of the molecule is O=S(=O)(c1ccc(Cl)c(Cl)c1)[C@@H]1CCOC1. The molecule has 0 aromatic heterocycles. The fourth-order valence-electron chi connectivity index (χ4n) is 1.60. The van der Waals surface area contributed by atoms with Crippen molar-refractivity contribution in [3.8, 4) is 0 Å². The third-order valence-corrected chi connectivity index (χ3v) is 5.45. The summed E-state index contributed by atoms with van der Waals surface area (Å²) in [5, 5.41) is 0.134. The smallest absolute Gasteiger partial charge is 0.183 e. The van der Waals surface area contributed by atoms with Crippen molar-refractivity contribution in [1.29, 1.82) is 0 Å². The van der Waals surface area contributed by atoms with Crippen molar-refractivity contribution < 1.29 is 13.2 Å². The van der Waals surface area contributed by atoms with Crippen LogP contribution in [-0.2, 0) is 14.6 Å². The van der Waals surface area contributed by atoms with E-state index in [0.717, 1.165) is 0 Å². The highest BCUT2D eigenvalue weighted by Gasteiger charge is 2.31. The Balaban J connectivity index is 2.39. The van der Waals surface area contributed by atoms with Crippen LogP contribution in [0.1, 0.15) is 6.42 Å². The van der Waals surface area contributed by atoms with Gasteiger partial charge >= 0.3 is 0 Å². The lowest BCUT2D eigenvalue weighted by Crippen LogP contribution is -2.21. The lowest BCUT2D eigenvalue weighted by atomic mass is 10.4. The summed E-state index contributed by atoms with van der Waals surface area (Å²) < 4.78 is 29.3. The number of benzene rings is 1. The quantitative estimate of drug-likeness (QED) is 0.836. The van der Waals surface area contributed by atoms with Crippen LogP contribution in [0.2, 0.25) is 10.0 Å². The van der Waals surface area contributed by atoms with Gasteiger partial charge in [0.25, 0.3) is 0 Å². The fraction of sp³-hybridized carbons (Fsp3) is 0.400. The summed E-state index contributed by atoms with van der Waals surface area (Å²) in [5.74, 6) is 0. The topological polar surface area (TPSA) is 43.4 Å². The number of sulfone groups is 1. The summed E-state index contributed by atoms with van der Waals surface area (Å²) in [7, 11) is -3.35. The van der Waals surface area contributed by atoms with Crippen molar-refractivity contribution in [3.63, 3.8) is 0 Å². The molecule has 16 heavy (non-hydrogen) atoms. The first kappa shape index (κ1) is 12.2. The van der Waals surface area contributed by atoms with E-state index in [0.29, 0.717) is 18.1 Å². The molecule has 0 bridgehead atoms. The molecule has 0 saturated carbocycles. The van der Waals surface area contributed by atoms with E-state index >= 15 is 0 Å². The van der Waals surface area contributed by atoms with E-state index in [9.17, 15) is 8.42 Å². The molecule has 88 valence electrons. The first-order chi connectivity index (χ1) is 7.51. The van der Waals surface area contributed by atoms with E-state index in [1.54, 1.807) is 0 Å². The molecule has 0 N–H and O–H groups in total. The molecule has 1 atom stereocenters. The number of hydrogen-bond donors (Lipinski definition) is 0. The molecule has 1 aromatic carbocycles. The van der Waals surface area contributed by atoms with Crippen LogP contribution < -0.4 is 0 Å². The minimum Gasteiger partial charge on any atom is -0.380 e. The Morgan fingerprint density at radius 1 is 1.25 bits per heavy atom. The van der Waals surface area contributed by atoms with Crippen LogP contribution in [0, 0.1) is 0 Å². The predicted octanol–water partition coefficient (Wildman–Crippen LogP) is 2.56. The number of halogens is 2. The molecule has 0 radical (unpaired) electrons. The molecule has 0 aliphatic carbocycles. The minimum atomic E-state index is -3.35. The van der Waals surface area contributed by atoms with Gasteiger partial charge in [-0.15, -0.1) is 0 Å². The van der Waals surface area contributed by atoms with Crippen molar-refractivity contribution in [1.82, 2.24) is 0 Å². The highest BCUT2D eigenvalue weighted by Crippen LogP contribution is 2.28. The van der Waals surface area contributed by atoms with E-state index < -0.39 is 15.1 Å². The fourth-order valence-corrected chi connectivity index (χ4v) is 3.57. The van der Waals surface area contributed by atoms with E-state index in [1.165, 1.54) is 18.2 Å². The molecule has 0 unspecified atom stereocenters. The Morgan fingerprint density at radius 3 is 2.56 bits per heavy atom. The lowest BCUT2D eigenvalue weighted by Gasteiger charge is -2.10. The lowest BCUT2D eigenvalue weighted by molar-refractivity contribution is 0.198. The van der Waals surface area contributed by atoms with Crippen LogP contribution in [0.3, 0.4) is 0 Å². The summed E-state index contributed by atoms with van der Waals surface area (Å²) in [6, 6.07) is 4.35. The standard InChI is InChI=1S/C10H10Cl2O3S/c11-9-2-1-7(5-10(9)12)16(13,14)8-3-4-15-6-8/h1-2,5,8H,3-4,6H2/t8-/m1/s1. The van der Waals surface area contributed by atoms with Gasteiger partial charge in [0.1, 0.15) is 0 Å². The molecular formula is C10H10Cl2O3S. The van der Waals surface area contributed by atoms with Crippen LogP contribution in [0.5, 0.6) is 0 Å². The van der Waals surface area contributed by atoms with Crippen LogP contribution in [0.4, 0.5) is 0 Å². The summed E-state index contributed by atoms with van der Waals surface area (Å²) in [5.41, 5.74) is 0. The highest BCUT2D eigenvalue weighted by atomic mass is 35.5. The van der Waals surface area contributed by atoms with Gasteiger partial charge in [0.2, 0.25) is 0 Å². The molecule has 1 fully saturated rings. The minimum absolute atomic E-state index is 0.206. The monoisotopic (exact) mass is 280 g/mol. The normalized spacial score (nSPS) is 21.2. The van der Waals surface area contributed by atoms with Crippen molar-refractivity contribution in [2.75, 3.05) is 13.2 Å². The predicted molar refractivity (Wildman–Crippen MR) is 62.9 cm³/mol. The summed E-state index contributed by atoms with van der Waals surface area (Å²) in [6.45, 7) is 0.744. The number of ether oxygens (including phenoxy) is 1. The van der Waals surface area contributed by atoms with Gasteiger partial charge in [-0.2, -0.15) is 0 Å². The maximum absolute atomic E-state index is 12.1. The Kier molecular flexibility index (Phi) is 3.45. The van der Waals surface area contributed by atoms with E-state index in [4.69, 9.17) is 27.9 Å². The van der Waals surface area contributed by atoms with Crippen molar-refractivity contribution in [2.45, 2.75) is 16.6 Å². The molecule has 1 saturated heterocycles. The largest absolute Gasteiger partial charge is 0.380 e. The van der Waals surface area contributed by atoms with E-state index in [-0.39, 0.29) is 16.5 Å². The van der Waals surface area contributed by atoms with Crippen LogP contribution in [0.15, 0.2) is 23.1 Å². The summed E-state index contributed by atoms with van der Waals surface area (Å²) in [6.07, 6.45) is 0.530. The van der Waals surface area contributed by atoms with Gasteiger partial charge in [-0.05, 0) is 24.6 Å². The maximum Gasteiger partial charge on any atom is 0.183 e. The third kappa shape index (κ3) is 2.20. The Labute approximate surface area is 104 Å². The first-order valence-electron chi connectivity index (χ1n) is 4.78. The zero-order valence-corrected chi connectivity index (χ0v) is 10.6. The molecule has 2 rings (SSSR count). The molecular weight excluding hydrogens is 271 g/mol. The molecule has 1 aromatic rings. The van der Waals surface area contributed by atoms with Gasteiger partial charge in [0.05, 0.1) is 26.8 Å². The maximum atomic E-state index is 12.1. The van der Waals surface area contributed by atoms with Crippen LogP contribution in [0.25, 0.3) is 0 Å². The van der Waals surface area contributed by atoms with Crippen molar-refractivity contribution in [3.05, 3.63) is 28.2 Å². The molecule has 0 amide bonds. The van der Waals surface area contributed by atoms with Gasteiger partial charge < -0.3 is 4.74 Å². The Morgan fingerprint density at radius 2 is 2.00 bits per heavy atom. The molecule has 3 nitrogen and oxygen atoms in total. The average Bonchev–Trinajstić information content (AvgIpc) is 2.75. The van der Waals surface area contributed by atoms with Gasteiger partial charge in [0.15, 0.2) is 9.84 Å². The highest BCUT2D eigenvalue weighted by molar-refractivity contribution is 7.92. The third-order valence-electron chi connectivity index (χ3n) is 2.55. The van der Waals surface area contributed by atoms with Gasteiger partial charge in [0, 0.05) is 6.61 Å². The van der Waals surface area contributed by atoms with Gasteiger partial charge in [-0.3, -0.25) is 0 Å². The summed E-state index contributed by atoms with van der Waals surface area (Å²) >= 11 is 11.5.